The Labute approximate surface area is 168 Å². The lowest BCUT2D eigenvalue weighted by molar-refractivity contribution is -0.385. The Bertz CT molecular complexity index is 1410. The summed E-state index contributed by atoms with van der Waals surface area (Å²) < 4.78 is 11.5. The van der Waals surface area contributed by atoms with Gasteiger partial charge in [0.05, 0.1) is 34.5 Å². The highest BCUT2D eigenvalue weighted by atomic mass is 16.6. The van der Waals surface area contributed by atoms with E-state index in [1.54, 1.807) is 37.3 Å². The van der Waals surface area contributed by atoms with E-state index >= 15 is 0 Å². The molecule has 4 aromatic rings. The van der Waals surface area contributed by atoms with E-state index in [9.17, 15) is 19.7 Å². The molecule has 0 atom stereocenters. The molecule has 0 fully saturated rings. The van der Waals surface area contributed by atoms with Gasteiger partial charge in [-0.15, -0.1) is 0 Å². The van der Waals surface area contributed by atoms with Crippen LogP contribution in [0, 0.1) is 17.0 Å². The number of fused-ring (bicyclic) bond motifs is 3. The lowest BCUT2D eigenvalue weighted by atomic mass is 10.1. The second-order valence-corrected chi connectivity index (χ2v) is 6.43. The minimum atomic E-state index is -0.660. The van der Waals surface area contributed by atoms with Crippen LogP contribution < -0.4 is 5.63 Å². The summed E-state index contributed by atoms with van der Waals surface area (Å²) in [6, 6.07) is 11.4. The van der Waals surface area contributed by atoms with Gasteiger partial charge in [-0.05, 0) is 31.2 Å². The molecule has 0 N–H and O–H groups in total. The number of ether oxygens (including phenoxy) is 1. The van der Waals surface area contributed by atoms with E-state index in [-0.39, 0.29) is 16.6 Å². The van der Waals surface area contributed by atoms with Crippen molar-refractivity contribution in [2.24, 2.45) is 0 Å². The zero-order valence-corrected chi connectivity index (χ0v) is 16.0. The molecule has 9 nitrogen and oxygen atoms in total. The lowest BCUT2D eigenvalue weighted by Crippen LogP contribution is -2.05. The number of methoxy groups -OCH3 is 1. The Morgan fingerprint density at radius 1 is 1.23 bits per heavy atom. The number of benzene rings is 2. The number of rotatable bonds is 4. The van der Waals surface area contributed by atoms with Crippen molar-refractivity contribution < 1.29 is 18.9 Å². The van der Waals surface area contributed by atoms with Crippen LogP contribution in [0.4, 0.5) is 5.69 Å². The maximum atomic E-state index is 12.6. The third-order valence-corrected chi connectivity index (χ3v) is 4.68. The summed E-state index contributed by atoms with van der Waals surface area (Å²) in [5, 5.41) is 17.0. The first-order valence-corrected chi connectivity index (χ1v) is 8.87. The van der Waals surface area contributed by atoms with E-state index in [4.69, 9.17) is 4.42 Å². The van der Waals surface area contributed by atoms with Crippen LogP contribution in [-0.4, -0.2) is 27.8 Å². The Hall–Kier alpha value is -4.27. The van der Waals surface area contributed by atoms with E-state index < -0.39 is 16.5 Å². The van der Waals surface area contributed by atoms with Crippen LogP contribution in [0.5, 0.6) is 0 Å². The molecule has 0 saturated carbocycles. The fourth-order valence-electron chi connectivity index (χ4n) is 3.37. The van der Waals surface area contributed by atoms with Crippen molar-refractivity contribution in [2.45, 2.75) is 6.92 Å². The highest BCUT2D eigenvalue weighted by molar-refractivity contribution is 6.04. The first-order valence-electron chi connectivity index (χ1n) is 8.87. The Kier molecular flexibility index (Phi) is 4.63. The van der Waals surface area contributed by atoms with Crippen LogP contribution in [0.3, 0.4) is 0 Å². The van der Waals surface area contributed by atoms with Crippen LogP contribution in [0.15, 0.2) is 57.8 Å². The van der Waals surface area contributed by atoms with Gasteiger partial charge < -0.3 is 9.15 Å². The molecule has 0 unspecified atom stereocenters. The quantitative estimate of drug-likeness (QED) is 0.168. The number of carbonyl (C=O) groups excluding carboxylic acids is 1. The summed E-state index contributed by atoms with van der Waals surface area (Å²) in [7, 11) is 1.21. The van der Waals surface area contributed by atoms with Crippen molar-refractivity contribution in [3.05, 3.63) is 80.3 Å². The molecule has 9 heteroatoms. The van der Waals surface area contributed by atoms with E-state index in [2.05, 4.69) is 9.84 Å². The van der Waals surface area contributed by atoms with Crippen LogP contribution in [0.1, 0.15) is 11.3 Å². The van der Waals surface area contributed by atoms with Crippen molar-refractivity contribution in [3.8, 4) is 5.69 Å². The number of nitro benzene ring substituents is 1. The van der Waals surface area contributed by atoms with E-state index in [1.807, 2.05) is 0 Å². The van der Waals surface area contributed by atoms with Gasteiger partial charge in [-0.1, -0.05) is 18.2 Å². The summed E-state index contributed by atoms with van der Waals surface area (Å²) in [5.41, 5.74) is 0.957. The van der Waals surface area contributed by atoms with Gasteiger partial charge in [-0.2, -0.15) is 5.10 Å². The zero-order valence-electron chi connectivity index (χ0n) is 16.0. The SMILES string of the molecule is COC(=O)/C=C/c1c(-n2nc(C)c3c(=O)oc4ccccc4c32)cccc1[N+](=O)[O-]. The lowest BCUT2D eigenvalue weighted by Gasteiger charge is -2.09. The maximum absolute atomic E-state index is 12.6. The zero-order chi connectivity index (χ0) is 21.4. The van der Waals surface area contributed by atoms with Crippen LogP contribution >= 0.6 is 0 Å². The topological polar surface area (TPSA) is 117 Å². The van der Waals surface area contributed by atoms with Gasteiger partial charge in [0, 0.05) is 17.5 Å². The largest absolute Gasteiger partial charge is 0.466 e. The summed E-state index contributed by atoms with van der Waals surface area (Å²) >= 11 is 0. The highest BCUT2D eigenvalue weighted by Crippen LogP contribution is 2.32. The van der Waals surface area contributed by atoms with Gasteiger partial charge in [-0.25, -0.2) is 14.3 Å². The number of carbonyl (C=O) groups is 1. The smallest absolute Gasteiger partial charge is 0.347 e. The second kappa shape index (κ2) is 7.28. The normalized spacial score (nSPS) is 11.4. The first kappa shape index (κ1) is 19.1. The van der Waals surface area contributed by atoms with Crippen molar-refractivity contribution >= 4 is 39.6 Å². The molecule has 0 bridgehead atoms. The number of aryl methyl sites for hydroxylation is 1. The number of hydrogen-bond acceptors (Lipinski definition) is 7. The number of para-hydroxylation sites is 1. The van der Waals surface area contributed by atoms with Crippen molar-refractivity contribution in [1.29, 1.82) is 0 Å². The first-order chi connectivity index (χ1) is 14.4. The summed E-state index contributed by atoms with van der Waals surface area (Å²) in [6.45, 7) is 1.66. The second-order valence-electron chi connectivity index (χ2n) is 6.43. The molecule has 0 aliphatic heterocycles. The highest BCUT2D eigenvalue weighted by Gasteiger charge is 2.22. The fourth-order valence-corrected chi connectivity index (χ4v) is 3.37. The van der Waals surface area contributed by atoms with Crippen LogP contribution in [0.2, 0.25) is 0 Å². The molecule has 2 aromatic heterocycles. The molecule has 0 aliphatic carbocycles. The molecular formula is C21H15N3O6. The van der Waals surface area contributed by atoms with Gasteiger partial charge >= 0.3 is 11.6 Å². The van der Waals surface area contributed by atoms with Crippen LogP contribution in [0.25, 0.3) is 33.6 Å². The minimum absolute atomic E-state index is 0.148. The van der Waals surface area contributed by atoms with Crippen molar-refractivity contribution in [1.82, 2.24) is 9.78 Å². The van der Waals surface area contributed by atoms with Crippen molar-refractivity contribution in [3.63, 3.8) is 0 Å². The Balaban J connectivity index is 2.13. The summed E-state index contributed by atoms with van der Waals surface area (Å²) in [5.74, 6) is -0.660. The minimum Gasteiger partial charge on any atom is -0.466 e. The van der Waals surface area contributed by atoms with Gasteiger partial charge in [0.1, 0.15) is 11.0 Å². The molecule has 30 heavy (non-hydrogen) atoms. The molecule has 2 aromatic carbocycles. The molecule has 0 saturated heterocycles. The van der Waals surface area contributed by atoms with Gasteiger partial charge in [-0.3, -0.25) is 10.1 Å². The monoisotopic (exact) mass is 405 g/mol. The van der Waals surface area contributed by atoms with Crippen molar-refractivity contribution in [2.75, 3.05) is 7.11 Å². The number of nitro groups is 1. The average molecular weight is 405 g/mol. The van der Waals surface area contributed by atoms with Gasteiger partial charge in [0.15, 0.2) is 0 Å². The molecule has 150 valence electrons. The molecule has 2 heterocycles. The standard InChI is InChI=1S/C21H15N3O6/c1-12-19-20(14-6-3-4-9-17(14)30-21(19)26)23(22-12)15-7-5-8-16(24(27)28)13(15)10-11-18(25)29-2/h3-11H,1-2H3/b11-10+. The maximum Gasteiger partial charge on any atom is 0.347 e. The summed E-state index contributed by atoms with van der Waals surface area (Å²) in [4.78, 5) is 35.2. The predicted molar refractivity (Wildman–Crippen MR) is 110 cm³/mol. The van der Waals surface area contributed by atoms with E-state index in [0.29, 0.717) is 27.9 Å². The molecule has 0 aliphatic rings. The van der Waals surface area contributed by atoms with Gasteiger partial charge in [0.2, 0.25) is 0 Å². The Morgan fingerprint density at radius 3 is 2.73 bits per heavy atom. The molecule has 0 amide bonds. The fraction of sp³-hybridized carbons (Fsp3) is 0.0952. The molecule has 0 radical (unpaired) electrons. The number of aromatic nitrogens is 2. The average Bonchev–Trinajstić information content (AvgIpc) is 3.09. The Morgan fingerprint density at radius 2 is 2.00 bits per heavy atom. The predicted octanol–water partition coefficient (Wildman–Crippen LogP) is 3.53. The van der Waals surface area contributed by atoms with Gasteiger partial charge in [0.25, 0.3) is 5.69 Å². The van der Waals surface area contributed by atoms with Crippen LogP contribution in [-0.2, 0) is 9.53 Å². The van der Waals surface area contributed by atoms with E-state index in [1.165, 1.54) is 30.0 Å². The van der Waals surface area contributed by atoms with E-state index in [0.717, 1.165) is 6.08 Å². The molecule has 4 rings (SSSR count). The number of nitrogens with zero attached hydrogens (tertiary/aromatic N) is 3. The molecule has 0 spiro atoms. The summed E-state index contributed by atoms with van der Waals surface area (Å²) in [6.07, 6.45) is 2.40. The third kappa shape index (κ3) is 3.02. The number of hydrogen-bond donors (Lipinski definition) is 0. The number of esters is 1. The third-order valence-electron chi connectivity index (χ3n) is 4.68. The molecular weight excluding hydrogens is 390 g/mol.